The molecule has 0 spiro atoms. The fraction of sp³-hybridized carbons (Fsp3) is 0.467. The van der Waals surface area contributed by atoms with Crippen molar-refractivity contribution in [1.29, 1.82) is 0 Å². The number of hydrogen-bond acceptors (Lipinski definition) is 3. The Kier molecular flexibility index (Phi) is 6.27. The molecular weight excluding hydrogens is 280 g/mol. The second kappa shape index (κ2) is 7.71. The third-order valence-electron chi connectivity index (χ3n) is 2.84. The Labute approximate surface area is 122 Å². The maximum atomic E-state index is 13.1. The normalized spacial score (nSPS) is 12.1. The smallest absolute Gasteiger partial charge is 0.328 e. The SMILES string of the molecule is CCCOC(=O)C(NC(=O)c1ccc(F)c(F)c1)C(C)C. The molecule has 21 heavy (non-hydrogen) atoms. The molecule has 1 aromatic carbocycles. The van der Waals surface area contributed by atoms with Gasteiger partial charge in [0.15, 0.2) is 11.6 Å². The molecule has 1 atom stereocenters. The van der Waals surface area contributed by atoms with Gasteiger partial charge in [0.2, 0.25) is 0 Å². The van der Waals surface area contributed by atoms with E-state index >= 15 is 0 Å². The summed E-state index contributed by atoms with van der Waals surface area (Å²) in [5.74, 6) is -3.53. The fourth-order valence-electron chi connectivity index (χ4n) is 1.65. The van der Waals surface area contributed by atoms with E-state index in [0.29, 0.717) is 6.42 Å². The molecule has 1 rings (SSSR count). The van der Waals surface area contributed by atoms with Gasteiger partial charge in [-0.3, -0.25) is 4.79 Å². The van der Waals surface area contributed by atoms with Crippen molar-refractivity contribution in [3.63, 3.8) is 0 Å². The lowest BCUT2D eigenvalue weighted by Crippen LogP contribution is -2.45. The van der Waals surface area contributed by atoms with E-state index in [1.54, 1.807) is 13.8 Å². The van der Waals surface area contributed by atoms with Gasteiger partial charge in [0.1, 0.15) is 6.04 Å². The van der Waals surface area contributed by atoms with Gasteiger partial charge in [-0.15, -0.1) is 0 Å². The maximum Gasteiger partial charge on any atom is 0.328 e. The van der Waals surface area contributed by atoms with Crippen LogP contribution in [-0.2, 0) is 9.53 Å². The van der Waals surface area contributed by atoms with Crippen LogP contribution in [0.2, 0.25) is 0 Å². The highest BCUT2D eigenvalue weighted by Gasteiger charge is 2.26. The van der Waals surface area contributed by atoms with Crippen LogP contribution in [0.4, 0.5) is 8.78 Å². The van der Waals surface area contributed by atoms with E-state index in [9.17, 15) is 18.4 Å². The van der Waals surface area contributed by atoms with Gasteiger partial charge in [0, 0.05) is 5.56 Å². The average molecular weight is 299 g/mol. The number of carbonyl (C=O) groups excluding carboxylic acids is 2. The number of halogens is 2. The second-order valence-corrected chi connectivity index (χ2v) is 4.99. The molecule has 1 amide bonds. The predicted molar refractivity (Wildman–Crippen MR) is 73.7 cm³/mol. The first-order chi connectivity index (χ1) is 9.86. The van der Waals surface area contributed by atoms with Crippen molar-refractivity contribution in [3.8, 4) is 0 Å². The second-order valence-electron chi connectivity index (χ2n) is 4.99. The molecule has 0 aliphatic carbocycles. The zero-order chi connectivity index (χ0) is 16.0. The Bertz CT molecular complexity index is 518. The van der Waals surface area contributed by atoms with Crippen LogP contribution in [-0.4, -0.2) is 24.5 Å². The molecule has 1 N–H and O–H groups in total. The van der Waals surface area contributed by atoms with Crippen LogP contribution in [0.5, 0.6) is 0 Å². The van der Waals surface area contributed by atoms with E-state index in [0.717, 1.165) is 18.2 Å². The van der Waals surface area contributed by atoms with Gasteiger partial charge in [0.05, 0.1) is 6.61 Å². The molecule has 0 saturated heterocycles. The zero-order valence-electron chi connectivity index (χ0n) is 12.3. The van der Waals surface area contributed by atoms with Crippen LogP contribution in [0, 0.1) is 17.6 Å². The lowest BCUT2D eigenvalue weighted by atomic mass is 10.0. The molecule has 4 nitrogen and oxygen atoms in total. The Balaban J connectivity index is 2.80. The van der Waals surface area contributed by atoms with E-state index < -0.39 is 29.6 Å². The molecule has 0 heterocycles. The molecule has 0 aliphatic heterocycles. The molecule has 0 fully saturated rings. The molecule has 0 saturated carbocycles. The molecule has 116 valence electrons. The van der Waals surface area contributed by atoms with Crippen molar-refractivity contribution in [3.05, 3.63) is 35.4 Å². The highest BCUT2D eigenvalue weighted by molar-refractivity contribution is 5.96. The quantitative estimate of drug-likeness (QED) is 0.822. The van der Waals surface area contributed by atoms with Gasteiger partial charge in [-0.2, -0.15) is 0 Å². The lowest BCUT2D eigenvalue weighted by Gasteiger charge is -2.20. The summed E-state index contributed by atoms with van der Waals surface area (Å²) in [7, 11) is 0. The maximum absolute atomic E-state index is 13.1. The van der Waals surface area contributed by atoms with Crippen LogP contribution >= 0.6 is 0 Å². The summed E-state index contributed by atoms with van der Waals surface area (Å²) in [6.45, 7) is 5.63. The van der Waals surface area contributed by atoms with Crippen molar-refractivity contribution in [2.45, 2.75) is 33.2 Å². The van der Waals surface area contributed by atoms with E-state index in [2.05, 4.69) is 5.32 Å². The van der Waals surface area contributed by atoms with Gasteiger partial charge in [-0.1, -0.05) is 20.8 Å². The molecule has 6 heteroatoms. The van der Waals surface area contributed by atoms with Gasteiger partial charge in [0.25, 0.3) is 5.91 Å². The molecule has 0 radical (unpaired) electrons. The summed E-state index contributed by atoms with van der Waals surface area (Å²) in [6, 6.07) is 1.98. The topological polar surface area (TPSA) is 55.4 Å². The van der Waals surface area contributed by atoms with Gasteiger partial charge < -0.3 is 10.1 Å². The predicted octanol–water partition coefficient (Wildman–Crippen LogP) is 2.67. The number of rotatable bonds is 6. The Morgan fingerprint density at radius 2 is 1.90 bits per heavy atom. The zero-order valence-corrected chi connectivity index (χ0v) is 12.3. The molecule has 0 aromatic heterocycles. The monoisotopic (exact) mass is 299 g/mol. The minimum atomic E-state index is -1.11. The highest BCUT2D eigenvalue weighted by Crippen LogP contribution is 2.11. The van der Waals surface area contributed by atoms with Gasteiger partial charge in [-0.05, 0) is 30.5 Å². The largest absolute Gasteiger partial charge is 0.464 e. The molecule has 1 unspecified atom stereocenters. The number of benzene rings is 1. The molecule has 0 aliphatic rings. The minimum absolute atomic E-state index is 0.0529. The molecular formula is C15H19F2NO3. The van der Waals surface area contributed by atoms with Crippen molar-refractivity contribution in [2.75, 3.05) is 6.61 Å². The summed E-state index contributed by atoms with van der Waals surface area (Å²) in [6.07, 6.45) is 0.674. The van der Waals surface area contributed by atoms with E-state index in [4.69, 9.17) is 4.74 Å². The van der Waals surface area contributed by atoms with E-state index in [1.165, 1.54) is 0 Å². The summed E-state index contributed by atoms with van der Waals surface area (Å²) < 4.78 is 31.0. The third kappa shape index (κ3) is 4.81. The summed E-state index contributed by atoms with van der Waals surface area (Å²) in [5, 5.41) is 2.49. The summed E-state index contributed by atoms with van der Waals surface area (Å²) in [5.41, 5.74) is -0.0529. The number of esters is 1. The van der Waals surface area contributed by atoms with E-state index in [-0.39, 0.29) is 18.1 Å². The number of hydrogen-bond donors (Lipinski definition) is 1. The first-order valence-electron chi connectivity index (χ1n) is 6.79. The van der Waals surface area contributed by atoms with Gasteiger partial charge in [-0.25, -0.2) is 13.6 Å². The minimum Gasteiger partial charge on any atom is -0.464 e. The number of carbonyl (C=O) groups is 2. The van der Waals surface area contributed by atoms with E-state index in [1.807, 2.05) is 6.92 Å². The Hall–Kier alpha value is -1.98. The first-order valence-corrected chi connectivity index (χ1v) is 6.79. The number of amides is 1. The summed E-state index contributed by atoms with van der Waals surface area (Å²) in [4.78, 5) is 23.9. The fourth-order valence-corrected chi connectivity index (χ4v) is 1.65. The van der Waals surface area contributed by atoms with Crippen molar-refractivity contribution >= 4 is 11.9 Å². The van der Waals surface area contributed by atoms with Crippen molar-refractivity contribution < 1.29 is 23.1 Å². The van der Waals surface area contributed by atoms with Gasteiger partial charge >= 0.3 is 5.97 Å². The van der Waals surface area contributed by atoms with Crippen molar-refractivity contribution in [1.82, 2.24) is 5.32 Å². The molecule has 0 bridgehead atoms. The van der Waals surface area contributed by atoms with Crippen LogP contribution < -0.4 is 5.32 Å². The third-order valence-corrected chi connectivity index (χ3v) is 2.84. The van der Waals surface area contributed by atoms with Crippen molar-refractivity contribution in [2.24, 2.45) is 5.92 Å². The number of nitrogens with one attached hydrogen (secondary N) is 1. The van der Waals surface area contributed by atoms with Crippen LogP contribution in [0.3, 0.4) is 0 Å². The average Bonchev–Trinajstić information content (AvgIpc) is 2.44. The first kappa shape index (κ1) is 17.1. The van der Waals surface area contributed by atoms with Crippen LogP contribution in [0.1, 0.15) is 37.6 Å². The number of ether oxygens (including phenoxy) is 1. The van der Waals surface area contributed by atoms with Crippen LogP contribution in [0.15, 0.2) is 18.2 Å². The Morgan fingerprint density at radius 1 is 1.24 bits per heavy atom. The molecule has 1 aromatic rings. The summed E-state index contributed by atoms with van der Waals surface area (Å²) >= 11 is 0. The Morgan fingerprint density at radius 3 is 2.43 bits per heavy atom. The lowest BCUT2D eigenvalue weighted by molar-refractivity contribution is -0.147. The highest BCUT2D eigenvalue weighted by atomic mass is 19.2. The standard InChI is InChI=1S/C15H19F2NO3/c1-4-7-21-15(20)13(9(2)3)18-14(19)10-5-6-11(16)12(17)8-10/h5-6,8-9,13H,4,7H2,1-3H3,(H,18,19). The van der Waals surface area contributed by atoms with Crippen LogP contribution in [0.25, 0.3) is 0 Å².